The first-order valence-electron chi connectivity index (χ1n) is 6.76. The average Bonchev–Trinajstić information content (AvgIpc) is 2.54. The predicted octanol–water partition coefficient (Wildman–Crippen LogP) is 0.207. The van der Waals surface area contributed by atoms with Crippen LogP contribution in [0.4, 0.5) is 0 Å². The second-order valence-electron chi connectivity index (χ2n) is 5.26. The Bertz CT molecular complexity index is 347. The molecule has 1 heterocycles. The first-order chi connectivity index (χ1) is 8.72. The smallest absolute Gasteiger partial charge is 0.243 e. The highest BCUT2D eigenvalue weighted by molar-refractivity contribution is 5.86. The first-order valence-corrected chi connectivity index (χ1v) is 6.76. The Morgan fingerprint density at radius 3 is 2.56 bits per heavy atom. The van der Waals surface area contributed by atoms with Crippen LogP contribution in [0.2, 0.25) is 0 Å². The molecule has 2 fully saturated rings. The lowest BCUT2D eigenvalue weighted by atomic mass is 9.69. The monoisotopic (exact) mass is 251 g/mol. The van der Waals surface area contributed by atoms with Crippen molar-refractivity contribution >= 4 is 5.91 Å². The van der Waals surface area contributed by atoms with Gasteiger partial charge in [0.1, 0.15) is 5.41 Å². The van der Waals surface area contributed by atoms with Gasteiger partial charge in [0.2, 0.25) is 5.91 Å². The Morgan fingerprint density at radius 2 is 2.00 bits per heavy atom. The van der Waals surface area contributed by atoms with E-state index in [0.717, 1.165) is 45.3 Å². The van der Waals surface area contributed by atoms with Gasteiger partial charge in [0, 0.05) is 26.2 Å². The molecule has 1 amide bonds. The number of carbonyl (C=O) groups is 1. The Kier molecular flexibility index (Phi) is 4.20. The second-order valence-corrected chi connectivity index (χ2v) is 5.26. The van der Waals surface area contributed by atoms with E-state index in [2.05, 4.69) is 11.0 Å². The van der Waals surface area contributed by atoms with E-state index in [4.69, 9.17) is 5.11 Å². The van der Waals surface area contributed by atoms with E-state index < -0.39 is 5.41 Å². The molecule has 1 N–H and O–H groups in total. The number of amides is 1. The zero-order valence-corrected chi connectivity index (χ0v) is 10.8. The molecule has 18 heavy (non-hydrogen) atoms. The summed E-state index contributed by atoms with van der Waals surface area (Å²) in [6, 6.07) is 2.22. The van der Waals surface area contributed by atoms with Gasteiger partial charge in [-0.2, -0.15) is 5.26 Å². The summed E-state index contributed by atoms with van der Waals surface area (Å²) in [5.74, 6) is 0.0297. The summed E-state index contributed by atoms with van der Waals surface area (Å²) in [5, 5.41) is 18.1. The SMILES string of the molecule is N#CC1(C(=O)N2CCCN(CCO)CC2)CCC1. The number of β-amino-alcohol motifs (C(OH)–C–C–N with tert-alkyl or cyclic N) is 1. The molecule has 0 aromatic rings. The van der Waals surface area contributed by atoms with Crippen molar-refractivity contribution in [2.45, 2.75) is 25.7 Å². The van der Waals surface area contributed by atoms with Gasteiger partial charge >= 0.3 is 0 Å². The van der Waals surface area contributed by atoms with Gasteiger partial charge in [-0.1, -0.05) is 0 Å². The predicted molar refractivity (Wildman–Crippen MR) is 66.6 cm³/mol. The molecule has 2 rings (SSSR count). The Hall–Kier alpha value is -1.12. The summed E-state index contributed by atoms with van der Waals surface area (Å²) in [5.41, 5.74) is -0.716. The van der Waals surface area contributed by atoms with Gasteiger partial charge < -0.3 is 10.0 Å². The third-order valence-corrected chi connectivity index (χ3v) is 4.12. The fraction of sp³-hybridized carbons (Fsp3) is 0.846. The maximum atomic E-state index is 12.4. The zero-order valence-electron chi connectivity index (χ0n) is 10.8. The fourth-order valence-corrected chi connectivity index (χ4v) is 2.75. The summed E-state index contributed by atoms with van der Waals surface area (Å²) in [4.78, 5) is 16.4. The topological polar surface area (TPSA) is 67.6 Å². The molecule has 0 aromatic carbocycles. The van der Waals surface area contributed by atoms with Crippen molar-refractivity contribution in [3.63, 3.8) is 0 Å². The van der Waals surface area contributed by atoms with Gasteiger partial charge in [0.15, 0.2) is 0 Å². The molecule has 5 heteroatoms. The van der Waals surface area contributed by atoms with Crippen LogP contribution < -0.4 is 0 Å². The van der Waals surface area contributed by atoms with E-state index in [1.807, 2.05) is 4.90 Å². The van der Waals surface area contributed by atoms with Crippen LogP contribution in [0.1, 0.15) is 25.7 Å². The highest BCUT2D eigenvalue weighted by Crippen LogP contribution is 2.41. The van der Waals surface area contributed by atoms with Crippen LogP contribution in [-0.4, -0.2) is 60.1 Å². The van der Waals surface area contributed by atoms with Gasteiger partial charge in [-0.05, 0) is 32.2 Å². The number of hydrogen-bond acceptors (Lipinski definition) is 4. The molecule has 1 saturated heterocycles. The molecule has 0 spiro atoms. The first kappa shape index (κ1) is 13.3. The molecule has 1 aliphatic heterocycles. The lowest BCUT2D eigenvalue weighted by molar-refractivity contribution is -0.142. The molecule has 1 aliphatic carbocycles. The molecule has 0 radical (unpaired) electrons. The van der Waals surface area contributed by atoms with Gasteiger partial charge in [0.25, 0.3) is 0 Å². The van der Waals surface area contributed by atoms with Crippen molar-refractivity contribution in [2.24, 2.45) is 5.41 Å². The van der Waals surface area contributed by atoms with Crippen molar-refractivity contribution in [1.29, 1.82) is 5.26 Å². The fourth-order valence-electron chi connectivity index (χ4n) is 2.75. The summed E-state index contributed by atoms with van der Waals surface area (Å²) >= 11 is 0. The molecule has 0 unspecified atom stereocenters. The number of carbonyl (C=O) groups excluding carboxylic acids is 1. The van der Waals surface area contributed by atoms with Gasteiger partial charge in [0.05, 0.1) is 12.7 Å². The van der Waals surface area contributed by atoms with E-state index in [1.54, 1.807) is 0 Å². The van der Waals surface area contributed by atoms with Crippen molar-refractivity contribution in [3.8, 4) is 6.07 Å². The number of nitriles is 1. The summed E-state index contributed by atoms with van der Waals surface area (Å²) in [6.07, 6.45) is 3.36. The number of aliphatic hydroxyl groups excluding tert-OH is 1. The third kappa shape index (κ3) is 2.50. The number of aliphatic hydroxyl groups is 1. The van der Waals surface area contributed by atoms with E-state index in [-0.39, 0.29) is 12.5 Å². The summed E-state index contributed by atoms with van der Waals surface area (Å²) in [7, 11) is 0. The Morgan fingerprint density at radius 1 is 1.22 bits per heavy atom. The van der Waals surface area contributed by atoms with Crippen LogP contribution in [-0.2, 0) is 4.79 Å². The highest BCUT2D eigenvalue weighted by Gasteiger charge is 2.46. The molecule has 0 atom stereocenters. The van der Waals surface area contributed by atoms with Gasteiger partial charge in [-0.25, -0.2) is 0 Å². The van der Waals surface area contributed by atoms with Gasteiger partial charge in [-0.15, -0.1) is 0 Å². The standard InChI is InChI=1S/C13H21N3O2/c14-11-13(3-1-4-13)12(18)16-6-2-5-15(7-8-16)9-10-17/h17H,1-10H2. The van der Waals surface area contributed by atoms with E-state index in [1.165, 1.54) is 0 Å². The third-order valence-electron chi connectivity index (χ3n) is 4.12. The quantitative estimate of drug-likeness (QED) is 0.778. The van der Waals surface area contributed by atoms with Crippen LogP contribution in [0.15, 0.2) is 0 Å². The largest absolute Gasteiger partial charge is 0.395 e. The van der Waals surface area contributed by atoms with E-state index in [9.17, 15) is 10.1 Å². The van der Waals surface area contributed by atoms with Crippen molar-refractivity contribution in [2.75, 3.05) is 39.3 Å². The molecule has 0 aromatic heterocycles. The second kappa shape index (κ2) is 5.68. The number of nitrogens with zero attached hydrogens (tertiary/aromatic N) is 3. The van der Waals surface area contributed by atoms with Crippen molar-refractivity contribution in [3.05, 3.63) is 0 Å². The average molecular weight is 251 g/mol. The Labute approximate surface area is 108 Å². The molecule has 1 saturated carbocycles. The Balaban J connectivity index is 1.94. The summed E-state index contributed by atoms with van der Waals surface area (Å²) < 4.78 is 0. The lowest BCUT2D eigenvalue weighted by Gasteiger charge is -2.37. The maximum Gasteiger partial charge on any atom is 0.243 e. The minimum absolute atomic E-state index is 0.0297. The lowest BCUT2D eigenvalue weighted by Crippen LogP contribution is -2.48. The van der Waals surface area contributed by atoms with Crippen molar-refractivity contribution < 1.29 is 9.90 Å². The molecule has 0 bridgehead atoms. The molecule has 2 aliphatic rings. The van der Waals surface area contributed by atoms with Crippen LogP contribution in [0, 0.1) is 16.7 Å². The zero-order chi connectivity index (χ0) is 13.0. The maximum absolute atomic E-state index is 12.4. The van der Waals surface area contributed by atoms with Crippen LogP contribution in [0.25, 0.3) is 0 Å². The highest BCUT2D eigenvalue weighted by atomic mass is 16.3. The van der Waals surface area contributed by atoms with Crippen LogP contribution in [0.5, 0.6) is 0 Å². The van der Waals surface area contributed by atoms with Crippen LogP contribution >= 0.6 is 0 Å². The van der Waals surface area contributed by atoms with E-state index >= 15 is 0 Å². The number of rotatable bonds is 3. The minimum atomic E-state index is -0.716. The molecule has 100 valence electrons. The normalized spacial score (nSPS) is 23.9. The summed E-state index contributed by atoms with van der Waals surface area (Å²) in [6.45, 7) is 3.98. The van der Waals surface area contributed by atoms with Crippen molar-refractivity contribution in [1.82, 2.24) is 9.80 Å². The van der Waals surface area contributed by atoms with E-state index in [0.29, 0.717) is 13.1 Å². The molecular formula is C13H21N3O2. The minimum Gasteiger partial charge on any atom is -0.395 e. The molecule has 5 nitrogen and oxygen atoms in total. The van der Waals surface area contributed by atoms with Crippen LogP contribution in [0.3, 0.4) is 0 Å². The number of hydrogen-bond donors (Lipinski definition) is 1. The molecular weight excluding hydrogens is 230 g/mol. The van der Waals surface area contributed by atoms with Gasteiger partial charge in [-0.3, -0.25) is 9.69 Å².